The van der Waals surface area contributed by atoms with Crippen LogP contribution in [0.3, 0.4) is 0 Å². The summed E-state index contributed by atoms with van der Waals surface area (Å²) in [6.45, 7) is 1.79. The van der Waals surface area contributed by atoms with E-state index in [9.17, 15) is 14.3 Å². The molecule has 0 aromatic heterocycles. The smallest absolute Gasteiger partial charge is 0.335 e. The van der Waals surface area contributed by atoms with Crippen molar-refractivity contribution in [3.05, 3.63) is 59.4 Å². The molecule has 3 N–H and O–H groups in total. The summed E-state index contributed by atoms with van der Waals surface area (Å²) in [6.07, 6.45) is 0. The van der Waals surface area contributed by atoms with Crippen LogP contribution in [0.1, 0.15) is 28.9 Å². The molecular weight excluding hydrogens is 261 g/mol. The van der Waals surface area contributed by atoms with Gasteiger partial charge in [-0.1, -0.05) is 12.1 Å². The summed E-state index contributed by atoms with van der Waals surface area (Å²) in [7, 11) is 0. The minimum Gasteiger partial charge on any atom is -0.507 e. The lowest BCUT2D eigenvalue weighted by atomic mass is 10.1. The topological polar surface area (TPSA) is 69.6 Å². The second-order valence-corrected chi connectivity index (χ2v) is 4.46. The van der Waals surface area contributed by atoms with Gasteiger partial charge in [-0.2, -0.15) is 0 Å². The molecule has 0 saturated carbocycles. The molecule has 0 aliphatic carbocycles. The number of nitrogens with one attached hydrogen (secondary N) is 1. The fraction of sp³-hybridized carbons (Fsp3) is 0.133. The molecule has 0 radical (unpaired) electrons. The molecule has 2 aromatic rings. The van der Waals surface area contributed by atoms with Crippen LogP contribution in [0.2, 0.25) is 0 Å². The molecule has 1 unspecified atom stereocenters. The van der Waals surface area contributed by atoms with Crippen LogP contribution in [0.15, 0.2) is 42.5 Å². The maximum atomic E-state index is 12.9. The molecule has 0 heterocycles. The molecule has 5 heteroatoms. The molecular formula is C15H14FNO3. The lowest BCUT2D eigenvalue weighted by Crippen LogP contribution is -2.08. The average molecular weight is 275 g/mol. The molecule has 0 amide bonds. The number of phenolic OH excluding ortho intramolecular Hbond substituents is 1. The number of halogens is 1. The fourth-order valence-corrected chi connectivity index (χ4v) is 1.95. The van der Waals surface area contributed by atoms with Gasteiger partial charge in [-0.15, -0.1) is 0 Å². The first-order chi connectivity index (χ1) is 9.47. The van der Waals surface area contributed by atoms with E-state index in [-0.39, 0.29) is 17.4 Å². The minimum absolute atomic E-state index is 0.139. The third-order valence-electron chi connectivity index (χ3n) is 2.95. The highest BCUT2D eigenvalue weighted by molar-refractivity contribution is 5.88. The summed E-state index contributed by atoms with van der Waals surface area (Å²) in [5.41, 5.74) is 1.32. The SMILES string of the molecule is CC(Nc1cccc(C(=O)O)c1)c1ccc(F)cc1O. The van der Waals surface area contributed by atoms with Crippen LogP contribution < -0.4 is 5.32 Å². The number of hydrogen-bond donors (Lipinski definition) is 3. The molecule has 0 aliphatic heterocycles. The van der Waals surface area contributed by atoms with E-state index < -0.39 is 11.8 Å². The number of carboxylic acid groups (broad SMARTS) is 1. The van der Waals surface area contributed by atoms with Crippen molar-refractivity contribution < 1.29 is 19.4 Å². The number of hydrogen-bond acceptors (Lipinski definition) is 3. The van der Waals surface area contributed by atoms with Crippen molar-refractivity contribution in [3.8, 4) is 5.75 Å². The van der Waals surface area contributed by atoms with Gasteiger partial charge in [-0.3, -0.25) is 0 Å². The van der Waals surface area contributed by atoms with Crippen LogP contribution in [-0.2, 0) is 0 Å². The van der Waals surface area contributed by atoms with Crippen molar-refractivity contribution in [2.24, 2.45) is 0 Å². The molecule has 2 aromatic carbocycles. The summed E-state index contributed by atoms with van der Waals surface area (Å²) in [6, 6.07) is 9.85. The third kappa shape index (κ3) is 3.06. The molecule has 0 saturated heterocycles. The van der Waals surface area contributed by atoms with Crippen molar-refractivity contribution in [2.45, 2.75) is 13.0 Å². The molecule has 104 valence electrons. The Morgan fingerprint density at radius 1 is 1.25 bits per heavy atom. The van der Waals surface area contributed by atoms with Gasteiger partial charge in [-0.05, 0) is 31.2 Å². The zero-order valence-corrected chi connectivity index (χ0v) is 10.8. The summed E-state index contributed by atoms with van der Waals surface area (Å²) in [5, 5.41) is 21.7. The van der Waals surface area contributed by atoms with Crippen molar-refractivity contribution in [1.82, 2.24) is 0 Å². The molecule has 0 bridgehead atoms. The van der Waals surface area contributed by atoms with Gasteiger partial charge in [0.25, 0.3) is 0 Å². The zero-order valence-electron chi connectivity index (χ0n) is 10.8. The Bertz CT molecular complexity index is 643. The summed E-state index contributed by atoms with van der Waals surface area (Å²) in [5.74, 6) is -1.66. The highest BCUT2D eigenvalue weighted by atomic mass is 19.1. The van der Waals surface area contributed by atoms with Gasteiger partial charge < -0.3 is 15.5 Å². The first-order valence-electron chi connectivity index (χ1n) is 6.05. The molecule has 1 atom stereocenters. The van der Waals surface area contributed by atoms with E-state index in [2.05, 4.69) is 5.32 Å². The number of carboxylic acids is 1. The summed E-state index contributed by atoms with van der Waals surface area (Å²) < 4.78 is 12.9. The van der Waals surface area contributed by atoms with E-state index in [0.717, 1.165) is 6.07 Å². The molecule has 4 nitrogen and oxygen atoms in total. The highest BCUT2D eigenvalue weighted by Gasteiger charge is 2.12. The van der Waals surface area contributed by atoms with E-state index in [1.807, 2.05) is 0 Å². The Labute approximate surface area is 115 Å². The predicted molar refractivity (Wildman–Crippen MR) is 73.5 cm³/mol. The average Bonchev–Trinajstić information content (AvgIpc) is 2.38. The van der Waals surface area contributed by atoms with Crippen LogP contribution in [-0.4, -0.2) is 16.2 Å². The lowest BCUT2D eigenvalue weighted by molar-refractivity contribution is 0.0697. The standard InChI is InChI=1S/C15H14FNO3/c1-9(13-6-5-11(16)8-14(13)18)17-12-4-2-3-10(7-12)15(19)20/h2-9,17-18H,1H3,(H,19,20). The van der Waals surface area contributed by atoms with E-state index in [1.54, 1.807) is 19.1 Å². The van der Waals surface area contributed by atoms with Crippen molar-refractivity contribution in [1.29, 1.82) is 0 Å². The largest absolute Gasteiger partial charge is 0.507 e. The van der Waals surface area contributed by atoms with Gasteiger partial charge in [0.15, 0.2) is 0 Å². The Kier molecular flexibility index (Phi) is 3.89. The van der Waals surface area contributed by atoms with Crippen LogP contribution in [0.25, 0.3) is 0 Å². The van der Waals surface area contributed by atoms with Gasteiger partial charge in [-0.25, -0.2) is 9.18 Å². The first-order valence-corrected chi connectivity index (χ1v) is 6.05. The van der Waals surface area contributed by atoms with Gasteiger partial charge >= 0.3 is 5.97 Å². The van der Waals surface area contributed by atoms with E-state index in [1.165, 1.54) is 24.3 Å². The maximum absolute atomic E-state index is 12.9. The molecule has 20 heavy (non-hydrogen) atoms. The van der Waals surface area contributed by atoms with Gasteiger partial charge in [0.05, 0.1) is 11.6 Å². The maximum Gasteiger partial charge on any atom is 0.335 e. The minimum atomic E-state index is -1.01. The Morgan fingerprint density at radius 2 is 2.00 bits per heavy atom. The van der Waals surface area contributed by atoms with E-state index in [4.69, 9.17) is 5.11 Å². The monoisotopic (exact) mass is 275 g/mol. The van der Waals surface area contributed by atoms with Crippen LogP contribution in [0, 0.1) is 5.82 Å². The number of rotatable bonds is 4. The predicted octanol–water partition coefficient (Wildman–Crippen LogP) is 3.40. The van der Waals surface area contributed by atoms with E-state index in [0.29, 0.717) is 11.3 Å². The van der Waals surface area contributed by atoms with Crippen LogP contribution in [0.4, 0.5) is 10.1 Å². The summed E-state index contributed by atoms with van der Waals surface area (Å²) >= 11 is 0. The molecule has 0 spiro atoms. The number of benzene rings is 2. The number of aromatic hydroxyl groups is 1. The second-order valence-electron chi connectivity index (χ2n) is 4.46. The Hall–Kier alpha value is -2.56. The van der Waals surface area contributed by atoms with E-state index >= 15 is 0 Å². The Morgan fingerprint density at radius 3 is 2.65 bits per heavy atom. The van der Waals surface area contributed by atoms with Crippen LogP contribution in [0.5, 0.6) is 5.75 Å². The van der Waals surface area contributed by atoms with Gasteiger partial charge in [0, 0.05) is 17.3 Å². The quantitative estimate of drug-likeness (QED) is 0.799. The molecule has 2 rings (SSSR count). The van der Waals surface area contributed by atoms with Gasteiger partial charge in [0.1, 0.15) is 11.6 Å². The Balaban J connectivity index is 2.21. The zero-order chi connectivity index (χ0) is 14.7. The first kappa shape index (κ1) is 13.9. The van der Waals surface area contributed by atoms with Gasteiger partial charge in [0.2, 0.25) is 0 Å². The van der Waals surface area contributed by atoms with Crippen molar-refractivity contribution in [2.75, 3.05) is 5.32 Å². The third-order valence-corrected chi connectivity index (χ3v) is 2.95. The second kappa shape index (κ2) is 5.61. The number of carbonyl (C=O) groups is 1. The lowest BCUT2D eigenvalue weighted by Gasteiger charge is -2.17. The number of anilines is 1. The fourth-order valence-electron chi connectivity index (χ4n) is 1.95. The molecule has 0 aliphatic rings. The normalized spacial score (nSPS) is 11.9. The highest BCUT2D eigenvalue weighted by Crippen LogP contribution is 2.27. The number of aromatic carboxylic acids is 1. The molecule has 0 fully saturated rings. The van der Waals surface area contributed by atoms with Crippen LogP contribution >= 0.6 is 0 Å². The number of phenols is 1. The van der Waals surface area contributed by atoms with Crippen molar-refractivity contribution in [3.63, 3.8) is 0 Å². The van der Waals surface area contributed by atoms with Crippen molar-refractivity contribution >= 4 is 11.7 Å². The summed E-state index contributed by atoms with van der Waals surface area (Å²) in [4.78, 5) is 10.9.